The lowest BCUT2D eigenvalue weighted by molar-refractivity contribution is 0.321. The van der Waals surface area contributed by atoms with E-state index in [1.807, 2.05) is 0 Å². The quantitative estimate of drug-likeness (QED) is 0.274. The first kappa shape index (κ1) is 6.67. The first-order valence-electron chi connectivity index (χ1n) is 2.62. The second-order valence-corrected chi connectivity index (χ2v) is 1.63. The maximum atomic E-state index is 12.5. The third kappa shape index (κ3) is 1.28. The molecule has 0 atom stereocenters. The van der Waals surface area contributed by atoms with Crippen LogP contribution in [0.5, 0.6) is 0 Å². The minimum absolute atomic E-state index is 0.171. The number of pyridine rings is 1. The van der Waals surface area contributed by atoms with E-state index >= 15 is 0 Å². The second kappa shape index (κ2) is 2.91. The molecule has 0 aliphatic carbocycles. The highest BCUT2D eigenvalue weighted by Crippen LogP contribution is 1.98. The van der Waals surface area contributed by atoms with Crippen LogP contribution >= 0.6 is 0 Å². The van der Waals surface area contributed by atoms with Crippen molar-refractivity contribution in [3.05, 3.63) is 29.8 Å². The van der Waals surface area contributed by atoms with Gasteiger partial charge in [-0.15, -0.1) is 0 Å². The summed E-state index contributed by atoms with van der Waals surface area (Å²) in [5.74, 6) is -0.639. The molecule has 1 N–H and O–H groups in total. The zero-order valence-electron chi connectivity index (χ0n) is 5.03. The Labute approximate surface area is 56.8 Å². The van der Waals surface area contributed by atoms with E-state index in [1.165, 1.54) is 12.3 Å². The lowest BCUT2D eigenvalue weighted by Crippen LogP contribution is -1.89. The average molecular weight is 140 g/mol. The Bertz CT molecular complexity index is 249. The number of aromatic nitrogens is 1. The number of halogens is 1. The van der Waals surface area contributed by atoms with Crippen LogP contribution in [-0.2, 0) is 0 Å². The van der Waals surface area contributed by atoms with Gasteiger partial charge >= 0.3 is 0 Å². The molecule has 0 radical (unpaired) electrons. The van der Waals surface area contributed by atoms with E-state index in [9.17, 15) is 4.39 Å². The standard InChI is InChI=1S/C6H5FN2O/c7-6-5(4-9-10)2-1-3-8-6/h1-4,10H. The first-order chi connectivity index (χ1) is 4.84. The number of hydrogen-bond acceptors (Lipinski definition) is 3. The van der Waals surface area contributed by atoms with Crippen molar-refractivity contribution in [3.63, 3.8) is 0 Å². The lowest BCUT2D eigenvalue weighted by atomic mass is 10.3. The Kier molecular flexibility index (Phi) is 1.94. The molecular weight excluding hydrogens is 135 g/mol. The van der Waals surface area contributed by atoms with Crippen LogP contribution in [0.25, 0.3) is 0 Å². The topological polar surface area (TPSA) is 45.5 Å². The summed E-state index contributed by atoms with van der Waals surface area (Å²) >= 11 is 0. The van der Waals surface area contributed by atoms with Gasteiger partial charge in [-0.2, -0.15) is 4.39 Å². The molecule has 0 unspecified atom stereocenters. The molecular formula is C6H5FN2O. The summed E-state index contributed by atoms with van der Waals surface area (Å²) in [6.07, 6.45) is 2.31. The molecule has 1 heterocycles. The normalized spacial score (nSPS) is 10.5. The summed E-state index contributed by atoms with van der Waals surface area (Å²) in [5, 5.41) is 10.7. The summed E-state index contributed by atoms with van der Waals surface area (Å²) in [7, 11) is 0. The summed E-state index contributed by atoms with van der Waals surface area (Å²) in [4.78, 5) is 3.33. The Morgan fingerprint density at radius 2 is 2.50 bits per heavy atom. The molecule has 0 spiro atoms. The highest BCUT2D eigenvalue weighted by Gasteiger charge is 1.96. The van der Waals surface area contributed by atoms with E-state index in [1.54, 1.807) is 6.07 Å². The highest BCUT2D eigenvalue weighted by molar-refractivity contribution is 5.78. The van der Waals surface area contributed by atoms with Gasteiger partial charge in [-0.3, -0.25) is 0 Å². The molecule has 0 bridgehead atoms. The van der Waals surface area contributed by atoms with E-state index in [2.05, 4.69) is 10.1 Å². The second-order valence-electron chi connectivity index (χ2n) is 1.63. The molecule has 1 rings (SSSR count). The molecule has 0 saturated carbocycles. The van der Waals surface area contributed by atoms with Crippen LogP contribution in [0.15, 0.2) is 23.5 Å². The van der Waals surface area contributed by atoms with Gasteiger partial charge in [0.25, 0.3) is 0 Å². The maximum absolute atomic E-state index is 12.5. The van der Waals surface area contributed by atoms with Crippen LogP contribution in [0.1, 0.15) is 5.56 Å². The number of oxime groups is 1. The van der Waals surface area contributed by atoms with Gasteiger partial charge < -0.3 is 5.21 Å². The van der Waals surface area contributed by atoms with Crippen LogP contribution in [0, 0.1) is 5.95 Å². The van der Waals surface area contributed by atoms with E-state index < -0.39 is 5.95 Å². The van der Waals surface area contributed by atoms with Crippen LogP contribution in [0.3, 0.4) is 0 Å². The SMILES string of the molecule is ON=Cc1cccnc1F. The average Bonchev–Trinajstić information content (AvgIpc) is 1.94. The van der Waals surface area contributed by atoms with Gasteiger partial charge in [0.05, 0.1) is 11.8 Å². The highest BCUT2D eigenvalue weighted by atomic mass is 19.1. The third-order valence-electron chi connectivity index (χ3n) is 0.985. The monoisotopic (exact) mass is 140 g/mol. The van der Waals surface area contributed by atoms with Gasteiger partial charge in [-0.05, 0) is 12.1 Å². The Hall–Kier alpha value is -1.45. The first-order valence-corrected chi connectivity index (χ1v) is 2.62. The molecule has 3 nitrogen and oxygen atoms in total. The van der Waals surface area contributed by atoms with Crippen LogP contribution in [0.4, 0.5) is 4.39 Å². The van der Waals surface area contributed by atoms with E-state index in [0.29, 0.717) is 0 Å². The van der Waals surface area contributed by atoms with Crippen LogP contribution in [-0.4, -0.2) is 16.4 Å². The number of nitrogens with zero attached hydrogens (tertiary/aromatic N) is 2. The van der Waals surface area contributed by atoms with Gasteiger partial charge in [-0.25, -0.2) is 4.98 Å². The molecule has 4 heteroatoms. The van der Waals surface area contributed by atoms with Crippen molar-refractivity contribution in [2.24, 2.45) is 5.16 Å². The van der Waals surface area contributed by atoms with Gasteiger partial charge in [0.2, 0.25) is 5.95 Å². The fourth-order valence-electron chi connectivity index (χ4n) is 0.557. The molecule has 52 valence electrons. The van der Waals surface area contributed by atoms with Crippen LogP contribution in [0.2, 0.25) is 0 Å². The molecule has 0 aliphatic rings. The van der Waals surface area contributed by atoms with Crippen molar-refractivity contribution in [3.8, 4) is 0 Å². The molecule has 1 aromatic heterocycles. The number of rotatable bonds is 1. The van der Waals surface area contributed by atoms with E-state index in [-0.39, 0.29) is 5.56 Å². The van der Waals surface area contributed by atoms with Gasteiger partial charge in [0.15, 0.2) is 0 Å². The van der Waals surface area contributed by atoms with Gasteiger partial charge in [0, 0.05) is 6.20 Å². The van der Waals surface area contributed by atoms with Crippen molar-refractivity contribution in [1.29, 1.82) is 0 Å². The summed E-state index contributed by atoms with van der Waals surface area (Å²) < 4.78 is 12.5. The Morgan fingerprint density at radius 3 is 3.10 bits per heavy atom. The lowest BCUT2D eigenvalue weighted by Gasteiger charge is -1.89. The summed E-state index contributed by atoms with van der Waals surface area (Å²) in [5.41, 5.74) is 0.171. The molecule has 0 saturated heterocycles. The zero-order chi connectivity index (χ0) is 7.40. The fourth-order valence-corrected chi connectivity index (χ4v) is 0.557. The predicted molar refractivity (Wildman–Crippen MR) is 33.6 cm³/mol. The largest absolute Gasteiger partial charge is 0.411 e. The minimum Gasteiger partial charge on any atom is -0.411 e. The Balaban J connectivity index is 3.03. The van der Waals surface area contributed by atoms with Crippen LogP contribution < -0.4 is 0 Å². The smallest absolute Gasteiger partial charge is 0.221 e. The van der Waals surface area contributed by atoms with E-state index in [4.69, 9.17) is 5.21 Å². The molecule has 0 amide bonds. The molecule has 1 aromatic rings. The van der Waals surface area contributed by atoms with Crippen molar-refractivity contribution in [1.82, 2.24) is 4.98 Å². The predicted octanol–water partition coefficient (Wildman–Crippen LogP) is 1.03. The van der Waals surface area contributed by atoms with Crippen molar-refractivity contribution < 1.29 is 9.60 Å². The maximum Gasteiger partial charge on any atom is 0.221 e. The molecule has 0 aromatic carbocycles. The zero-order valence-corrected chi connectivity index (χ0v) is 5.03. The van der Waals surface area contributed by atoms with Crippen molar-refractivity contribution in [2.75, 3.05) is 0 Å². The third-order valence-corrected chi connectivity index (χ3v) is 0.985. The molecule has 10 heavy (non-hydrogen) atoms. The van der Waals surface area contributed by atoms with Gasteiger partial charge in [-0.1, -0.05) is 5.16 Å². The number of hydrogen-bond donors (Lipinski definition) is 1. The van der Waals surface area contributed by atoms with Gasteiger partial charge in [0.1, 0.15) is 0 Å². The molecule has 0 fully saturated rings. The molecule has 0 aliphatic heterocycles. The van der Waals surface area contributed by atoms with E-state index in [0.717, 1.165) is 6.21 Å². The van der Waals surface area contributed by atoms with Crippen molar-refractivity contribution in [2.45, 2.75) is 0 Å². The Morgan fingerprint density at radius 1 is 1.70 bits per heavy atom. The summed E-state index contributed by atoms with van der Waals surface area (Å²) in [6.45, 7) is 0. The van der Waals surface area contributed by atoms with Crippen molar-refractivity contribution >= 4 is 6.21 Å². The summed E-state index contributed by atoms with van der Waals surface area (Å²) in [6, 6.07) is 3.02. The minimum atomic E-state index is -0.639. The fraction of sp³-hybridized carbons (Fsp3) is 0.